The van der Waals surface area contributed by atoms with E-state index in [0.717, 1.165) is 12.8 Å². The first kappa shape index (κ1) is 10.9. The van der Waals surface area contributed by atoms with Gasteiger partial charge in [-0.15, -0.1) is 11.3 Å². The van der Waals surface area contributed by atoms with Gasteiger partial charge in [-0.1, -0.05) is 31.2 Å². The third-order valence-electron chi connectivity index (χ3n) is 2.46. The molecule has 0 radical (unpaired) electrons. The van der Waals surface area contributed by atoms with E-state index >= 15 is 0 Å². The molecule has 2 rings (SSSR count). The van der Waals surface area contributed by atoms with Crippen LogP contribution >= 0.6 is 27.3 Å². The van der Waals surface area contributed by atoms with Crippen LogP contribution in [-0.4, -0.2) is 0 Å². The SMILES string of the molecule is CCc1ccc(Cc2csc(Br)c2)cc1. The molecule has 0 atom stereocenters. The monoisotopic (exact) mass is 280 g/mol. The predicted molar refractivity (Wildman–Crippen MR) is 70.6 cm³/mol. The minimum absolute atomic E-state index is 1.03. The van der Waals surface area contributed by atoms with E-state index < -0.39 is 0 Å². The van der Waals surface area contributed by atoms with E-state index in [9.17, 15) is 0 Å². The highest BCUT2D eigenvalue weighted by Crippen LogP contribution is 2.22. The van der Waals surface area contributed by atoms with Crippen molar-refractivity contribution in [2.75, 3.05) is 0 Å². The van der Waals surface area contributed by atoms with Gasteiger partial charge in [0.2, 0.25) is 0 Å². The van der Waals surface area contributed by atoms with Gasteiger partial charge in [0.1, 0.15) is 0 Å². The van der Waals surface area contributed by atoms with Crippen LogP contribution in [0.1, 0.15) is 23.6 Å². The normalized spacial score (nSPS) is 10.5. The van der Waals surface area contributed by atoms with Crippen LogP contribution in [0.25, 0.3) is 0 Å². The van der Waals surface area contributed by atoms with Crippen LogP contribution in [0, 0.1) is 0 Å². The van der Waals surface area contributed by atoms with Crippen LogP contribution in [0.5, 0.6) is 0 Å². The summed E-state index contributed by atoms with van der Waals surface area (Å²) in [4.78, 5) is 0. The molecule has 0 unspecified atom stereocenters. The molecule has 0 fully saturated rings. The summed E-state index contributed by atoms with van der Waals surface area (Å²) < 4.78 is 1.21. The second kappa shape index (κ2) is 4.95. The summed E-state index contributed by atoms with van der Waals surface area (Å²) in [5.41, 5.74) is 4.18. The van der Waals surface area contributed by atoms with Gasteiger partial charge in [0.05, 0.1) is 3.79 Å². The predicted octanol–water partition coefficient (Wildman–Crippen LogP) is 4.66. The van der Waals surface area contributed by atoms with Crippen LogP contribution in [0.4, 0.5) is 0 Å². The van der Waals surface area contributed by atoms with Crippen molar-refractivity contribution in [3.8, 4) is 0 Å². The third kappa shape index (κ3) is 2.93. The average molecular weight is 281 g/mol. The molecule has 15 heavy (non-hydrogen) atoms. The molecule has 0 aliphatic rings. The van der Waals surface area contributed by atoms with Gasteiger partial charge in [0.25, 0.3) is 0 Å². The van der Waals surface area contributed by atoms with E-state index in [1.807, 2.05) is 0 Å². The molecule has 1 heterocycles. The van der Waals surface area contributed by atoms with Crippen molar-refractivity contribution in [1.29, 1.82) is 0 Å². The number of hydrogen-bond acceptors (Lipinski definition) is 1. The highest BCUT2D eigenvalue weighted by atomic mass is 79.9. The van der Waals surface area contributed by atoms with Gasteiger partial charge in [0, 0.05) is 0 Å². The Kier molecular flexibility index (Phi) is 3.60. The van der Waals surface area contributed by atoms with Crippen molar-refractivity contribution in [2.24, 2.45) is 0 Å². The standard InChI is InChI=1S/C13H13BrS/c1-2-10-3-5-11(6-4-10)7-12-8-13(14)15-9-12/h3-6,8-9H,2,7H2,1H3. The lowest BCUT2D eigenvalue weighted by Crippen LogP contribution is -1.86. The Balaban J connectivity index is 2.11. The van der Waals surface area contributed by atoms with Gasteiger partial charge < -0.3 is 0 Å². The maximum atomic E-state index is 3.49. The Labute approximate surface area is 103 Å². The summed E-state index contributed by atoms with van der Waals surface area (Å²) in [6.07, 6.45) is 2.15. The number of thiophene rings is 1. The molecular formula is C13H13BrS. The van der Waals surface area contributed by atoms with Gasteiger partial charge in [0.15, 0.2) is 0 Å². The first-order valence-electron chi connectivity index (χ1n) is 5.08. The lowest BCUT2D eigenvalue weighted by Gasteiger charge is -2.00. The van der Waals surface area contributed by atoms with E-state index in [0.29, 0.717) is 0 Å². The summed E-state index contributed by atoms with van der Waals surface area (Å²) in [7, 11) is 0. The van der Waals surface area contributed by atoms with Gasteiger partial charge in [-0.25, -0.2) is 0 Å². The second-order valence-electron chi connectivity index (χ2n) is 3.61. The summed E-state index contributed by atoms with van der Waals surface area (Å²) in [6, 6.07) is 11.1. The summed E-state index contributed by atoms with van der Waals surface area (Å²) in [5.74, 6) is 0. The highest BCUT2D eigenvalue weighted by Gasteiger charge is 1.99. The minimum Gasteiger partial charge on any atom is -0.137 e. The van der Waals surface area contributed by atoms with Crippen LogP contribution in [0.3, 0.4) is 0 Å². The number of rotatable bonds is 3. The van der Waals surface area contributed by atoms with Gasteiger partial charge in [-0.05, 0) is 56.9 Å². The summed E-state index contributed by atoms with van der Waals surface area (Å²) >= 11 is 5.23. The van der Waals surface area contributed by atoms with Crippen LogP contribution in [-0.2, 0) is 12.8 Å². The third-order valence-corrected chi connectivity index (χ3v) is 4.01. The molecule has 2 heteroatoms. The Morgan fingerprint density at radius 1 is 1.07 bits per heavy atom. The van der Waals surface area contributed by atoms with E-state index in [2.05, 4.69) is 58.6 Å². The zero-order valence-electron chi connectivity index (χ0n) is 8.66. The van der Waals surface area contributed by atoms with Crippen molar-refractivity contribution in [3.63, 3.8) is 0 Å². The minimum atomic E-state index is 1.03. The Bertz CT molecular complexity index is 428. The number of aryl methyl sites for hydroxylation is 1. The van der Waals surface area contributed by atoms with E-state index in [4.69, 9.17) is 0 Å². The fourth-order valence-corrected chi connectivity index (χ4v) is 2.78. The van der Waals surface area contributed by atoms with Gasteiger partial charge in [-0.2, -0.15) is 0 Å². The summed E-state index contributed by atoms with van der Waals surface area (Å²) in [5, 5.41) is 2.21. The molecule has 0 saturated carbocycles. The smallest absolute Gasteiger partial charge is 0.0701 e. The average Bonchev–Trinajstić information content (AvgIpc) is 2.65. The number of benzene rings is 1. The van der Waals surface area contributed by atoms with Crippen molar-refractivity contribution < 1.29 is 0 Å². The molecule has 78 valence electrons. The molecule has 1 aromatic heterocycles. The molecule has 0 saturated heterocycles. The zero-order valence-corrected chi connectivity index (χ0v) is 11.1. The molecule has 0 nitrogen and oxygen atoms in total. The fourth-order valence-electron chi connectivity index (χ4n) is 1.57. The molecule has 0 aliphatic carbocycles. The Morgan fingerprint density at radius 2 is 1.73 bits per heavy atom. The second-order valence-corrected chi connectivity index (χ2v) is 5.90. The Morgan fingerprint density at radius 3 is 2.27 bits per heavy atom. The molecule has 2 aromatic rings. The van der Waals surface area contributed by atoms with Crippen molar-refractivity contribution in [2.45, 2.75) is 19.8 Å². The van der Waals surface area contributed by atoms with Crippen molar-refractivity contribution >= 4 is 27.3 Å². The van der Waals surface area contributed by atoms with E-state index in [-0.39, 0.29) is 0 Å². The molecule has 0 amide bonds. The maximum absolute atomic E-state index is 3.49. The molecule has 0 bridgehead atoms. The van der Waals surface area contributed by atoms with Gasteiger partial charge in [-0.3, -0.25) is 0 Å². The molecular weight excluding hydrogens is 268 g/mol. The zero-order chi connectivity index (χ0) is 10.7. The summed E-state index contributed by atoms with van der Waals surface area (Å²) in [6.45, 7) is 2.19. The lowest BCUT2D eigenvalue weighted by molar-refractivity contribution is 1.12. The molecule has 1 aromatic carbocycles. The highest BCUT2D eigenvalue weighted by molar-refractivity contribution is 9.11. The largest absolute Gasteiger partial charge is 0.137 e. The van der Waals surface area contributed by atoms with E-state index in [1.54, 1.807) is 11.3 Å². The quantitative estimate of drug-likeness (QED) is 0.767. The maximum Gasteiger partial charge on any atom is 0.0701 e. The van der Waals surface area contributed by atoms with Gasteiger partial charge >= 0.3 is 0 Å². The lowest BCUT2D eigenvalue weighted by atomic mass is 10.1. The van der Waals surface area contributed by atoms with Crippen molar-refractivity contribution in [3.05, 3.63) is 56.2 Å². The van der Waals surface area contributed by atoms with Crippen LogP contribution in [0.15, 0.2) is 39.5 Å². The number of hydrogen-bond donors (Lipinski definition) is 0. The molecule has 0 spiro atoms. The fraction of sp³-hybridized carbons (Fsp3) is 0.231. The number of halogens is 1. The first-order valence-corrected chi connectivity index (χ1v) is 6.76. The first-order chi connectivity index (χ1) is 7.28. The topological polar surface area (TPSA) is 0 Å². The van der Waals surface area contributed by atoms with E-state index in [1.165, 1.54) is 20.5 Å². The van der Waals surface area contributed by atoms with Crippen LogP contribution < -0.4 is 0 Å². The van der Waals surface area contributed by atoms with Crippen LogP contribution in [0.2, 0.25) is 0 Å². The molecule has 0 N–H and O–H groups in total. The van der Waals surface area contributed by atoms with Crippen molar-refractivity contribution in [1.82, 2.24) is 0 Å². The molecule has 0 aliphatic heterocycles. The Hall–Kier alpha value is -0.600.